The van der Waals surface area contributed by atoms with E-state index in [2.05, 4.69) is 29.4 Å². The molecule has 0 radical (unpaired) electrons. The van der Waals surface area contributed by atoms with Gasteiger partial charge in [-0.05, 0) is 0 Å². The summed E-state index contributed by atoms with van der Waals surface area (Å²) < 4.78 is 11.9. The van der Waals surface area contributed by atoms with Gasteiger partial charge in [0.1, 0.15) is 0 Å². The van der Waals surface area contributed by atoms with Crippen molar-refractivity contribution in [3.8, 4) is 0 Å². The molecule has 6 heteroatoms. The van der Waals surface area contributed by atoms with Gasteiger partial charge < -0.3 is 0 Å². The molecule has 1 aliphatic rings. The van der Waals surface area contributed by atoms with Gasteiger partial charge in [-0.15, -0.1) is 0 Å². The summed E-state index contributed by atoms with van der Waals surface area (Å²) in [5, 5.41) is 10.5. The zero-order chi connectivity index (χ0) is 18.4. The van der Waals surface area contributed by atoms with E-state index in [1.54, 1.807) is 4.90 Å². The van der Waals surface area contributed by atoms with Crippen LogP contribution in [-0.2, 0) is 20.9 Å². The molecule has 2 rings (SSSR count). The molecular formula is C19H27NO4Se. The second-order valence-electron chi connectivity index (χ2n) is 6.67. The van der Waals surface area contributed by atoms with Crippen LogP contribution in [0.25, 0.3) is 0 Å². The minimum absolute atomic E-state index is 0.0552. The van der Waals surface area contributed by atoms with Crippen LogP contribution in [0.15, 0.2) is 30.3 Å². The maximum absolute atomic E-state index is 13.1. The van der Waals surface area contributed by atoms with E-state index >= 15 is 0 Å². The number of ether oxygens (including phenoxy) is 2. The van der Waals surface area contributed by atoms with Gasteiger partial charge in [-0.25, -0.2) is 0 Å². The molecule has 1 aromatic rings. The Bertz CT molecular complexity index is 578. The fraction of sp³-hybridized carbons (Fsp3) is 0.579. The van der Waals surface area contributed by atoms with Crippen molar-refractivity contribution in [3.05, 3.63) is 35.9 Å². The van der Waals surface area contributed by atoms with Crippen molar-refractivity contribution < 1.29 is 19.4 Å². The molecule has 0 spiro atoms. The minimum atomic E-state index is -0.911. The van der Waals surface area contributed by atoms with Crippen LogP contribution in [0.4, 0.5) is 0 Å². The van der Waals surface area contributed by atoms with Crippen molar-refractivity contribution in [2.45, 2.75) is 58.5 Å². The fourth-order valence-electron chi connectivity index (χ4n) is 2.87. The summed E-state index contributed by atoms with van der Waals surface area (Å²) in [7, 11) is 0. The molecule has 2 unspecified atom stereocenters. The van der Waals surface area contributed by atoms with E-state index < -0.39 is 12.2 Å². The van der Waals surface area contributed by atoms with Crippen molar-refractivity contribution >= 4 is 26.2 Å². The molecule has 138 valence electrons. The summed E-state index contributed by atoms with van der Waals surface area (Å²) in [4.78, 5) is 14.7. The Morgan fingerprint density at radius 1 is 1.40 bits per heavy atom. The number of hydrogen-bond donors (Lipinski definition) is 1. The molecule has 1 amide bonds. The van der Waals surface area contributed by atoms with Crippen molar-refractivity contribution in [1.82, 2.24) is 4.90 Å². The van der Waals surface area contributed by atoms with E-state index in [1.165, 1.54) is 0 Å². The molecule has 1 aliphatic heterocycles. The van der Waals surface area contributed by atoms with Crippen LogP contribution in [-0.4, -0.2) is 61.1 Å². The zero-order valence-corrected chi connectivity index (χ0v) is 16.8. The molecule has 1 saturated heterocycles. The number of carbonyl (C=O) groups excluding carboxylic acids is 1. The molecule has 1 heterocycles. The quantitative estimate of drug-likeness (QED) is 0.663. The van der Waals surface area contributed by atoms with Gasteiger partial charge in [0.05, 0.1) is 0 Å². The van der Waals surface area contributed by atoms with E-state index in [4.69, 9.17) is 9.47 Å². The summed E-state index contributed by atoms with van der Waals surface area (Å²) in [5.74, 6) is -0.00489. The first-order valence-corrected chi connectivity index (χ1v) is 9.64. The zero-order valence-electron chi connectivity index (χ0n) is 15.1. The van der Waals surface area contributed by atoms with E-state index in [9.17, 15) is 9.90 Å². The van der Waals surface area contributed by atoms with Crippen LogP contribution in [0.1, 0.15) is 39.2 Å². The predicted molar refractivity (Wildman–Crippen MR) is 98.1 cm³/mol. The van der Waals surface area contributed by atoms with Crippen LogP contribution in [0.2, 0.25) is 0 Å². The van der Waals surface area contributed by atoms with Crippen LogP contribution < -0.4 is 0 Å². The average molecular weight is 412 g/mol. The Morgan fingerprint density at radius 2 is 2.08 bits per heavy atom. The second-order valence-corrected chi connectivity index (χ2v) is 7.40. The maximum atomic E-state index is 13.1. The topological polar surface area (TPSA) is 59.0 Å². The summed E-state index contributed by atoms with van der Waals surface area (Å²) in [5.41, 5.74) is 0.967. The molecule has 0 saturated carbocycles. The summed E-state index contributed by atoms with van der Waals surface area (Å²) in [6.45, 7) is 6.82. The molecular weight excluding hydrogens is 385 g/mol. The number of amides is 1. The monoisotopic (exact) mass is 413 g/mol. The van der Waals surface area contributed by atoms with E-state index in [0.29, 0.717) is 17.8 Å². The molecule has 0 bridgehead atoms. The van der Waals surface area contributed by atoms with Gasteiger partial charge in [0.15, 0.2) is 0 Å². The summed E-state index contributed by atoms with van der Waals surface area (Å²) >= 11 is 2.82. The molecule has 3 atom stereocenters. The first-order chi connectivity index (χ1) is 12.0. The SMILES string of the molecule is CCCC(O)C(OCc1ccccc1)C(=O)N1C(=[Se])OC[C@@H]1C(C)C. The summed E-state index contributed by atoms with van der Waals surface area (Å²) in [6, 6.07) is 9.60. The normalized spacial score (nSPS) is 19.8. The van der Waals surface area contributed by atoms with E-state index in [1.807, 2.05) is 37.3 Å². The fourth-order valence-corrected chi connectivity index (χ4v) is 3.49. The van der Waals surface area contributed by atoms with Gasteiger partial charge >= 0.3 is 157 Å². The van der Waals surface area contributed by atoms with Gasteiger partial charge in [0, 0.05) is 0 Å². The van der Waals surface area contributed by atoms with Crippen molar-refractivity contribution in [3.63, 3.8) is 0 Å². The number of nitrogens with zero attached hydrogens (tertiary/aromatic N) is 1. The van der Waals surface area contributed by atoms with Gasteiger partial charge in [0.25, 0.3) is 0 Å². The van der Waals surface area contributed by atoms with E-state index in [-0.39, 0.29) is 24.5 Å². The van der Waals surface area contributed by atoms with E-state index in [0.717, 1.165) is 12.0 Å². The number of rotatable bonds is 8. The summed E-state index contributed by atoms with van der Waals surface area (Å²) in [6.07, 6.45) is -0.470. The molecule has 25 heavy (non-hydrogen) atoms. The number of carbonyl (C=O) groups is 1. The van der Waals surface area contributed by atoms with Crippen LogP contribution in [0, 0.1) is 5.92 Å². The third-order valence-electron chi connectivity index (χ3n) is 4.36. The van der Waals surface area contributed by atoms with Crippen LogP contribution in [0.3, 0.4) is 0 Å². The standard InChI is InChI=1S/C19H27NO4Se/c1-4-8-16(21)17(23-11-14-9-6-5-7-10-14)18(22)20-15(13(2)3)12-24-19(20)25/h5-7,9-10,13,15-17,21H,4,8,11-12H2,1-3H3/t15-,16?,17?/m1/s1. The number of aliphatic hydroxyl groups excluding tert-OH is 1. The molecule has 5 nitrogen and oxygen atoms in total. The van der Waals surface area contributed by atoms with Crippen molar-refractivity contribution in [2.24, 2.45) is 5.92 Å². The number of aliphatic hydroxyl groups is 1. The molecule has 0 aromatic heterocycles. The molecule has 0 aliphatic carbocycles. The third-order valence-corrected chi connectivity index (χ3v) is 5.02. The van der Waals surface area contributed by atoms with Gasteiger partial charge in [-0.3, -0.25) is 0 Å². The third kappa shape index (κ3) is 5.14. The Morgan fingerprint density at radius 3 is 2.68 bits per heavy atom. The Kier molecular flexibility index (Phi) is 7.63. The second kappa shape index (κ2) is 9.48. The molecule has 1 N–H and O–H groups in total. The number of benzene rings is 1. The first-order valence-electron chi connectivity index (χ1n) is 8.79. The number of hydrogen-bond acceptors (Lipinski definition) is 4. The first kappa shape index (κ1) is 20.1. The van der Waals surface area contributed by atoms with Gasteiger partial charge in [-0.1, -0.05) is 0 Å². The van der Waals surface area contributed by atoms with Crippen LogP contribution in [0.5, 0.6) is 0 Å². The Labute approximate surface area is 157 Å². The molecule has 1 aromatic carbocycles. The van der Waals surface area contributed by atoms with Gasteiger partial charge in [0.2, 0.25) is 0 Å². The average Bonchev–Trinajstić information content (AvgIpc) is 2.98. The van der Waals surface area contributed by atoms with Crippen LogP contribution >= 0.6 is 0 Å². The van der Waals surface area contributed by atoms with Crippen molar-refractivity contribution in [1.29, 1.82) is 0 Å². The predicted octanol–water partition coefficient (Wildman–Crippen LogP) is 1.87. The Hall–Kier alpha value is -1.20. The van der Waals surface area contributed by atoms with Crippen molar-refractivity contribution in [2.75, 3.05) is 6.61 Å². The molecule has 1 fully saturated rings. The Balaban J connectivity index is 2.15. The van der Waals surface area contributed by atoms with Gasteiger partial charge in [-0.2, -0.15) is 0 Å².